The lowest BCUT2D eigenvalue weighted by atomic mass is 10.0. The van der Waals surface area contributed by atoms with Crippen molar-refractivity contribution in [1.29, 1.82) is 0 Å². The molecule has 5 heteroatoms. The third-order valence-electron chi connectivity index (χ3n) is 4.91. The molecule has 0 aromatic heterocycles. The zero-order chi connectivity index (χ0) is 18.5. The molecule has 1 aliphatic rings. The van der Waals surface area contributed by atoms with Gasteiger partial charge in [0.15, 0.2) is 11.5 Å². The highest BCUT2D eigenvalue weighted by Gasteiger charge is 2.25. The Morgan fingerprint density at radius 1 is 0.962 bits per heavy atom. The average molecular weight is 354 g/mol. The van der Waals surface area contributed by atoms with Gasteiger partial charge in [0.25, 0.3) is 5.91 Å². The van der Waals surface area contributed by atoms with Crippen LogP contribution in [0.15, 0.2) is 42.5 Å². The summed E-state index contributed by atoms with van der Waals surface area (Å²) < 4.78 is 10.8. The first-order valence-corrected chi connectivity index (χ1v) is 9.02. The Morgan fingerprint density at radius 2 is 1.58 bits per heavy atom. The molecule has 0 atom stereocenters. The second kappa shape index (κ2) is 8.13. The highest BCUT2D eigenvalue weighted by molar-refractivity contribution is 5.96. The van der Waals surface area contributed by atoms with Gasteiger partial charge in [-0.3, -0.25) is 4.79 Å². The van der Waals surface area contributed by atoms with Crippen molar-refractivity contribution in [2.45, 2.75) is 13.3 Å². The third kappa shape index (κ3) is 3.62. The first kappa shape index (κ1) is 18.1. The second-order valence-corrected chi connectivity index (χ2v) is 6.33. The number of carbonyl (C=O) groups is 1. The van der Waals surface area contributed by atoms with Crippen molar-refractivity contribution in [2.75, 3.05) is 45.3 Å². The van der Waals surface area contributed by atoms with Crippen LogP contribution in [0.5, 0.6) is 11.5 Å². The van der Waals surface area contributed by atoms with E-state index in [4.69, 9.17) is 9.47 Å². The first-order chi connectivity index (χ1) is 12.7. The maximum Gasteiger partial charge on any atom is 0.254 e. The molecule has 1 amide bonds. The van der Waals surface area contributed by atoms with Crippen molar-refractivity contribution in [3.63, 3.8) is 0 Å². The fourth-order valence-corrected chi connectivity index (χ4v) is 3.39. The minimum atomic E-state index is 0.0653. The number of rotatable bonds is 5. The zero-order valence-electron chi connectivity index (χ0n) is 15.7. The fourth-order valence-electron chi connectivity index (χ4n) is 3.39. The Morgan fingerprint density at radius 3 is 2.15 bits per heavy atom. The molecule has 5 nitrogen and oxygen atoms in total. The Labute approximate surface area is 155 Å². The molecule has 0 bridgehead atoms. The minimum Gasteiger partial charge on any atom is -0.493 e. The molecule has 26 heavy (non-hydrogen) atoms. The number of aryl methyl sites for hydroxylation is 1. The van der Waals surface area contributed by atoms with Gasteiger partial charge in [0.2, 0.25) is 0 Å². The molecule has 0 aliphatic carbocycles. The molecule has 1 heterocycles. The van der Waals surface area contributed by atoms with E-state index in [1.807, 2.05) is 42.2 Å². The number of methoxy groups -OCH3 is 2. The Kier molecular flexibility index (Phi) is 5.66. The summed E-state index contributed by atoms with van der Waals surface area (Å²) in [4.78, 5) is 17.4. The van der Waals surface area contributed by atoms with Gasteiger partial charge in [-0.1, -0.05) is 25.1 Å². The average Bonchev–Trinajstić information content (AvgIpc) is 2.72. The van der Waals surface area contributed by atoms with Crippen LogP contribution < -0.4 is 14.4 Å². The van der Waals surface area contributed by atoms with E-state index in [1.165, 1.54) is 5.69 Å². The molecule has 1 saturated heterocycles. The molecule has 0 N–H and O–H groups in total. The summed E-state index contributed by atoms with van der Waals surface area (Å²) in [7, 11) is 3.21. The molecular formula is C21H26N2O3. The largest absolute Gasteiger partial charge is 0.493 e. The van der Waals surface area contributed by atoms with E-state index in [2.05, 4.69) is 17.0 Å². The summed E-state index contributed by atoms with van der Waals surface area (Å²) in [5.41, 5.74) is 2.90. The van der Waals surface area contributed by atoms with Crippen molar-refractivity contribution in [2.24, 2.45) is 0 Å². The van der Waals surface area contributed by atoms with Gasteiger partial charge >= 0.3 is 0 Å². The topological polar surface area (TPSA) is 42.0 Å². The van der Waals surface area contributed by atoms with Crippen LogP contribution in [0.3, 0.4) is 0 Å². The van der Waals surface area contributed by atoms with Gasteiger partial charge in [-0.15, -0.1) is 0 Å². The van der Waals surface area contributed by atoms with E-state index in [-0.39, 0.29) is 5.91 Å². The van der Waals surface area contributed by atoms with Crippen LogP contribution in [0.25, 0.3) is 0 Å². The summed E-state index contributed by atoms with van der Waals surface area (Å²) in [6, 6.07) is 14.1. The smallest absolute Gasteiger partial charge is 0.254 e. The summed E-state index contributed by atoms with van der Waals surface area (Å²) in [6.07, 6.45) is 0.769. The van der Waals surface area contributed by atoms with Crippen molar-refractivity contribution >= 4 is 11.6 Å². The number of nitrogens with zero attached hydrogens (tertiary/aromatic N) is 2. The number of benzene rings is 2. The zero-order valence-corrected chi connectivity index (χ0v) is 15.7. The molecular weight excluding hydrogens is 328 g/mol. The lowest BCUT2D eigenvalue weighted by Gasteiger charge is -2.36. The lowest BCUT2D eigenvalue weighted by molar-refractivity contribution is 0.0745. The van der Waals surface area contributed by atoms with Crippen LogP contribution in [0.4, 0.5) is 5.69 Å². The predicted molar refractivity (Wildman–Crippen MR) is 103 cm³/mol. The van der Waals surface area contributed by atoms with Crippen molar-refractivity contribution in [3.05, 3.63) is 53.6 Å². The van der Waals surface area contributed by atoms with Crippen molar-refractivity contribution < 1.29 is 14.3 Å². The number of anilines is 1. The molecule has 3 rings (SSSR count). The van der Waals surface area contributed by atoms with Crippen LogP contribution in [0.1, 0.15) is 22.8 Å². The molecule has 138 valence electrons. The van der Waals surface area contributed by atoms with Crippen LogP contribution >= 0.6 is 0 Å². The molecule has 2 aromatic rings. The van der Waals surface area contributed by atoms with Gasteiger partial charge in [0, 0.05) is 37.4 Å². The number of hydrogen-bond donors (Lipinski definition) is 0. The first-order valence-electron chi connectivity index (χ1n) is 9.02. The number of ether oxygens (including phenoxy) is 2. The number of piperazine rings is 1. The quantitative estimate of drug-likeness (QED) is 0.827. The molecule has 0 radical (unpaired) electrons. The molecule has 0 spiro atoms. The summed E-state index contributed by atoms with van der Waals surface area (Å²) in [5.74, 6) is 1.32. The number of amides is 1. The summed E-state index contributed by atoms with van der Waals surface area (Å²) in [6.45, 7) is 5.15. The molecule has 1 aliphatic heterocycles. The second-order valence-electron chi connectivity index (χ2n) is 6.33. The molecule has 0 unspecified atom stereocenters. The van der Waals surface area contributed by atoms with Gasteiger partial charge < -0.3 is 19.3 Å². The van der Waals surface area contributed by atoms with Gasteiger partial charge in [0.1, 0.15) is 0 Å². The Hall–Kier alpha value is -2.69. The van der Waals surface area contributed by atoms with Gasteiger partial charge in [-0.25, -0.2) is 0 Å². The van der Waals surface area contributed by atoms with Gasteiger partial charge in [0.05, 0.1) is 14.2 Å². The molecule has 0 saturated carbocycles. The maximum absolute atomic E-state index is 13.1. The SMILES string of the molecule is CCc1cc(OC)c(OC)cc1C(=O)N1CCN(c2ccccc2)CC1. The van der Waals surface area contributed by atoms with Crippen LogP contribution in [0.2, 0.25) is 0 Å². The Balaban J connectivity index is 1.76. The van der Waals surface area contributed by atoms with E-state index >= 15 is 0 Å². The highest BCUT2D eigenvalue weighted by atomic mass is 16.5. The predicted octanol–water partition coefficient (Wildman–Crippen LogP) is 3.23. The van der Waals surface area contributed by atoms with E-state index in [0.717, 1.165) is 25.1 Å². The van der Waals surface area contributed by atoms with Gasteiger partial charge in [-0.2, -0.15) is 0 Å². The minimum absolute atomic E-state index is 0.0653. The Bertz CT molecular complexity index is 753. The standard InChI is InChI=1S/C21H26N2O3/c1-4-16-14-19(25-2)20(26-3)15-18(16)21(24)23-12-10-22(11-13-23)17-8-6-5-7-9-17/h5-9,14-15H,4,10-13H2,1-3H3. The van der Waals surface area contributed by atoms with Crippen LogP contribution in [0, 0.1) is 0 Å². The normalized spacial score (nSPS) is 14.3. The summed E-state index contributed by atoms with van der Waals surface area (Å²) >= 11 is 0. The van der Waals surface area contributed by atoms with Crippen LogP contribution in [-0.4, -0.2) is 51.2 Å². The fraction of sp³-hybridized carbons (Fsp3) is 0.381. The summed E-state index contributed by atoms with van der Waals surface area (Å²) in [5, 5.41) is 0. The van der Waals surface area contributed by atoms with Crippen LogP contribution in [-0.2, 0) is 6.42 Å². The number of hydrogen-bond acceptors (Lipinski definition) is 4. The maximum atomic E-state index is 13.1. The van der Waals surface area contributed by atoms with Gasteiger partial charge in [-0.05, 0) is 36.2 Å². The molecule has 2 aromatic carbocycles. The van der Waals surface area contributed by atoms with E-state index in [9.17, 15) is 4.79 Å². The molecule has 1 fully saturated rings. The third-order valence-corrected chi connectivity index (χ3v) is 4.91. The number of carbonyl (C=O) groups excluding carboxylic acids is 1. The van der Waals surface area contributed by atoms with E-state index in [1.54, 1.807) is 14.2 Å². The van der Waals surface area contributed by atoms with E-state index < -0.39 is 0 Å². The van der Waals surface area contributed by atoms with Crippen molar-refractivity contribution in [1.82, 2.24) is 4.90 Å². The highest BCUT2D eigenvalue weighted by Crippen LogP contribution is 2.31. The lowest BCUT2D eigenvalue weighted by Crippen LogP contribution is -2.49. The monoisotopic (exact) mass is 354 g/mol. The van der Waals surface area contributed by atoms with Crippen molar-refractivity contribution in [3.8, 4) is 11.5 Å². The van der Waals surface area contributed by atoms with E-state index in [0.29, 0.717) is 30.2 Å². The number of para-hydroxylation sites is 1.